The summed E-state index contributed by atoms with van der Waals surface area (Å²) in [6.07, 6.45) is 0.691. The second kappa shape index (κ2) is 10.9. The molecule has 0 saturated carbocycles. The molecule has 0 radical (unpaired) electrons. The van der Waals surface area contributed by atoms with Crippen molar-refractivity contribution in [2.45, 2.75) is 57.9 Å². The molecule has 0 aromatic heterocycles. The molecule has 1 rings (SSSR count). The number of amides is 2. The van der Waals surface area contributed by atoms with Gasteiger partial charge in [0.2, 0.25) is 11.8 Å². The van der Waals surface area contributed by atoms with Crippen LogP contribution in [-0.4, -0.2) is 45.3 Å². The molecule has 0 fully saturated rings. The van der Waals surface area contributed by atoms with Crippen LogP contribution in [0.4, 0.5) is 0 Å². The van der Waals surface area contributed by atoms with Crippen LogP contribution in [0.2, 0.25) is 0 Å². The summed E-state index contributed by atoms with van der Waals surface area (Å²) >= 11 is 4.28. The number of aliphatic carboxylic acids is 1. The molecule has 156 valence electrons. The standard InChI is InChI=1S/C20H30N2O5S/c1-5-12(4)16(22-19(25)17(28)11(2)3)18(24)21-15(20(26)27)10-13-6-8-14(23)9-7-13/h6-9,11-12,15-17,23,28H,5,10H2,1-4H3,(H,21,24)(H,22,25)(H,26,27)/t12-,15+,16+,17+/m1/s1. The van der Waals surface area contributed by atoms with E-state index in [1.807, 2.05) is 27.7 Å². The van der Waals surface area contributed by atoms with Gasteiger partial charge < -0.3 is 20.8 Å². The van der Waals surface area contributed by atoms with Gasteiger partial charge in [-0.05, 0) is 29.5 Å². The van der Waals surface area contributed by atoms with Gasteiger partial charge in [0.1, 0.15) is 17.8 Å². The van der Waals surface area contributed by atoms with Crippen LogP contribution in [0, 0.1) is 11.8 Å². The van der Waals surface area contributed by atoms with Crippen molar-refractivity contribution >= 4 is 30.4 Å². The van der Waals surface area contributed by atoms with E-state index in [0.717, 1.165) is 0 Å². The van der Waals surface area contributed by atoms with Crippen molar-refractivity contribution in [3.05, 3.63) is 29.8 Å². The van der Waals surface area contributed by atoms with E-state index in [2.05, 4.69) is 23.3 Å². The molecular weight excluding hydrogens is 380 g/mol. The van der Waals surface area contributed by atoms with Gasteiger partial charge in [-0.3, -0.25) is 9.59 Å². The Hall–Kier alpha value is -2.22. The Morgan fingerprint density at radius 3 is 2.07 bits per heavy atom. The van der Waals surface area contributed by atoms with Crippen LogP contribution >= 0.6 is 12.6 Å². The highest BCUT2D eigenvalue weighted by Gasteiger charge is 2.31. The van der Waals surface area contributed by atoms with Crippen molar-refractivity contribution < 1.29 is 24.6 Å². The molecule has 0 aliphatic carbocycles. The minimum Gasteiger partial charge on any atom is -0.508 e. The normalized spacial score (nSPS) is 15.4. The van der Waals surface area contributed by atoms with E-state index < -0.39 is 29.2 Å². The number of carbonyl (C=O) groups is 3. The van der Waals surface area contributed by atoms with E-state index in [1.54, 1.807) is 12.1 Å². The lowest BCUT2D eigenvalue weighted by molar-refractivity contribution is -0.142. The third-order valence-corrected chi connectivity index (χ3v) is 5.51. The topological polar surface area (TPSA) is 116 Å². The predicted octanol–water partition coefficient (Wildman–Crippen LogP) is 1.99. The molecule has 0 spiro atoms. The summed E-state index contributed by atoms with van der Waals surface area (Å²) in [6, 6.07) is 4.09. The van der Waals surface area contributed by atoms with Crippen molar-refractivity contribution in [2.24, 2.45) is 11.8 Å². The minimum absolute atomic E-state index is 0.00904. The maximum absolute atomic E-state index is 12.8. The van der Waals surface area contributed by atoms with Crippen molar-refractivity contribution in [1.82, 2.24) is 10.6 Å². The Bertz CT molecular complexity index is 678. The van der Waals surface area contributed by atoms with Crippen molar-refractivity contribution in [3.63, 3.8) is 0 Å². The summed E-state index contributed by atoms with van der Waals surface area (Å²) < 4.78 is 0. The molecule has 28 heavy (non-hydrogen) atoms. The van der Waals surface area contributed by atoms with Crippen LogP contribution in [0.3, 0.4) is 0 Å². The smallest absolute Gasteiger partial charge is 0.326 e. The van der Waals surface area contributed by atoms with Gasteiger partial charge >= 0.3 is 5.97 Å². The van der Waals surface area contributed by atoms with Crippen LogP contribution in [0.1, 0.15) is 39.7 Å². The number of phenols is 1. The van der Waals surface area contributed by atoms with Crippen LogP contribution < -0.4 is 10.6 Å². The molecule has 0 unspecified atom stereocenters. The number of carbonyl (C=O) groups excluding carboxylic acids is 2. The number of thiol groups is 1. The molecule has 8 heteroatoms. The minimum atomic E-state index is -1.18. The summed E-state index contributed by atoms with van der Waals surface area (Å²) in [5, 5.41) is 23.5. The van der Waals surface area contributed by atoms with Gasteiger partial charge in [-0.15, -0.1) is 0 Å². The fourth-order valence-corrected chi connectivity index (χ4v) is 2.65. The number of nitrogens with one attached hydrogen (secondary N) is 2. The summed E-state index contributed by atoms with van der Waals surface area (Å²) in [5.74, 6) is -2.19. The van der Waals surface area contributed by atoms with E-state index in [4.69, 9.17) is 0 Å². The molecule has 7 nitrogen and oxygen atoms in total. The molecule has 0 aliphatic heterocycles. The van der Waals surface area contributed by atoms with Crippen LogP contribution in [-0.2, 0) is 20.8 Å². The van der Waals surface area contributed by atoms with Gasteiger partial charge in [-0.2, -0.15) is 12.6 Å². The first-order chi connectivity index (χ1) is 13.1. The van der Waals surface area contributed by atoms with E-state index in [1.165, 1.54) is 12.1 Å². The number of aromatic hydroxyl groups is 1. The van der Waals surface area contributed by atoms with Crippen LogP contribution in [0.15, 0.2) is 24.3 Å². The van der Waals surface area contributed by atoms with Gasteiger partial charge in [0.15, 0.2) is 0 Å². The van der Waals surface area contributed by atoms with E-state index in [-0.39, 0.29) is 29.9 Å². The average molecular weight is 411 g/mol. The van der Waals surface area contributed by atoms with Gasteiger partial charge in [0, 0.05) is 6.42 Å². The Balaban J connectivity index is 2.91. The SMILES string of the molecule is CC[C@@H](C)[C@H](NC(=O)[C@@H](S)C(C)C)C(=O)N[C@@H](Cc1ccc(O)cc1)C(=O)O. The largest absolute Gasteiger partial charge is 0.508 e. The quantitative estimate of drug-likeness (QED) is 0.378. The maximum atomic E-state index is 12.8. The summed E-state index contributed by atoms with van der Waals surface area (Å²) in [4.78, 5) is 36.8. The highest BCUT2D eigenvalue weighted by molar-refractivity contribution is 7.81. The van der Waals surface area contributed by atoms with E-state index in [0.29, 0.717) is 12.0 Å². The first-order valence-electron chi connectivity index (χ1n) is 9.36. The van der Waals surface area contributed by atoms with Gasteiger partial charge in [0.25, 0.3) is 0 Å². The number of rotatable bonds is 10. The molecule has 0 heterocycles. The van der Waals surface area contributed by atoms with E-state index >= 15 is 0 Å². The highest BCUT2D eigenvalue weighted by atomic mass is 32.1. The Kier molecular flexibility index (Phi) is 9.31. The first kappa shape index (κ1) is 23.8. The van der Waals surface area contributed by atoms with Crippen molar-refractivity contribution in [2.75, 3.05) is 0 Å². The third kappa shape index (κ3) is 7.07. The highest BCUT2D eigenvalue weighted by Crippen LogP contribution is 2.14. The first-order valence-corrected chi connectivity index (χ1v) is 9.87. The number of carboxylic acid groups (broad SMARTS) is 1. The molecule has 4 atom stereocenters. The molecular formula is C20H30N2O5S. The predicted molar refractivity (Wildman–Crippen MR) is 110 cm³/mol. The summed E-state index contributed by atoms with van der Waals surface area (Å²) in [6.45, 7) is 7.42. The lowest BCUT2D eigenvalue weighted by atomic mass is 9.96. The zero-order valence-electron chi connectivity index (χ0n) is 16.7. The fourth-order valence-electron chi connectivity index (χ4n) is 2.57. The maximum Gasteiger partial charge on any atom is 0.326 e. The van der Waals surface area contributed by atoms with Crippen LogP contribution in [0.5, 0.6) is 5.75 Å². The van der Waals surface area contributed by atoms with Crippen LogP contribution in [0.25, 0.3) is 0 Å². The summed E-state index contributed by atoms with van der Waals surface area (Å²) in [5.41, 5.74) is 0.657. The van der Waals surface area contributed by atoms with E-state index in [9.17, 15) is 24.6 Å². The zero-order valence-corrected chi connectivity index (χ0v) is 17.6. The lowest BCUT2D eigenvalue weighted by Gasteiger charge is -2.27. The third-order valence-electron chi connectivity index (χ3n) is 4.68. The Morgan fingerprint density at radius 2 is 1.61 bits per heavy atom. The molecule has 0 bridgehead atoms. The Labute approximate surface area is 171 Å². The molecule has 1 aromatic carbocycles. The molecule has 0 aliphatic rings. The lowest BCUT2D eigenvalue weighted by Crippen LogP contribution is -2.56. The van der Waals surface area contributed by atoms with Crippen molar-refractivity contribution in [1.29, 1.82) is 0 Å². The number of carboxylic acids is 1. The van der Waals surface area contributed by atoms with Gasteiger partial charge in [-0.25, -0.2) is 4.79 Å². The Morgan fingerprint density at radius 1 is 1.04 bits per heavy atom. The molecule has 0 saturated heterocycles. The van der Waals surface area contributed by atoms with Gasteiger partial charge in [-0.1, -0.05) is 46.2 Å². The monoisotopic (exact) mass is 410 g/mol. The number of benzene rings is 1. The number of hydrogen-bond acceptors (Lipinski definition) is 5. The second-order valence-electron chi connectivity index (χ2n) is 7.33. The number of phenolic OH excluding ortho intramolecular Hbond substituents is 1. The van der Waals surface area contributed by atoms with Gasteiger partial charge in [0.05, 0.1) is 5.25 Å². The average Bonchev–Trinajstić information content (AvgIpc) is 2.65. The molecule has 4 N–H and O–H groups in total. The summed E-state index contributed by atoms with van der Waals surface area (Å²) in [7, 11) is 0. The van der Waals surface area contributed by atoms with Crippen molar-refractivity contribution in [3.8, 4) is 5.75 Å². The molecule has 2 amide bonds. The zero-order chi connectivity index (χ0) is 21.4. The fraction of sp³-hybridized carbons (Fsp3) is 0.550. The molecule has 1 aromatic rings. The number of hydrogen-bond donors (Lipinski definition) is 5. The second-order valence-corrected chi connectivity index (χ2v) is 7.89.